The second-order valence-electron chi connectivity index (χ2n) is 11.3. The molecule has 1 aromatic heterocycles. The Morgan fingerprint density at radius 1 is 0.979 bits per heavy atom. The van der Waals surface area contributed by atoms with Gasteiger partial charge in [-0.1, -0.05) is 54.6 Å². The summed E-state index contributed by atoms with van der Waals surface area (Å²) in [7, 11) is 1.53. The number of fused-ring (bicyclic) bond motifs is 1. The van der Waals surface area contributed by atoms with Crippen molar-refractivity contribution in [2.75, 3.05) is 12.5 Å². The van der Waals surface area contributed by atoms with Crippen LogP contribution >= 0.6 is 0 Å². The molecule has 47 heavy (non-hydrogen) atoms. The number of hydrogen-bond acceptors (Lipinski definition) is 7. The lowest BCUT2D eigenvalue weighted by atomic mass is 10.0. The third-order valence-electron chi connectivity index (χ3n) is 7.98. The van der Waals surface area contributed by atoms with Crippen LogP contribution in [0.3, 0.4) is 0 Å². The van der Waals surface area contributed by atoms with Crippen molar-refractivity contribution in [3.8, 4) is 5.75 Å². The molecule has 0 saturated heterocycles. The highest BCUT2D eigenvalue weighted by molar-refractivity contribution is 5.99. The number of carbonyl (C=O) groups is 3. The van der Waals surface area contributed by atoms with E-state index < -0.39 is 53.0 Å². The summed E-state index contributed by atoms with van der Waals surface area (Å²) in [6, 6.07) is 19.3. The Morgan fingerprint density at radius 2 is 1.66 bits per heavy atom. The van der Waals surface area contributed by atoms with Crippen molar-refractivity contribution < 1.29 is 32.6 Å². The van der Waals surface area contributed by atoms with Gasteiger partial charge in [-0.2, -0.15) is 0 Å². The lowest BCUT2D eigenvalue weighted by Gasteiger charge is -2.31. The third kappa shape index (κ3) is 7.49. The largest absolute Gasteiger partial charge is 0.482 e. The molecule has 2 amide bonds. The lowest BCUT2D eigenvalue weighted by Crippen LogP contribution is -2.45. The number of nitrogens with one attached hydrogen (secondary N) is 2. The average Bonchev–Trinajstić information content (AvgIpc) is 3.09. The molecule has 1 aliphatic heterocycles. The predicted molar refractivity (Wildman–Crippen MR) is 170 cm³/mol. The van der Waals surface area contributed by atoms with Gasteiger partial charge in [-0.25, -0.2) is 13.6 Å². The first-order valence-corrected chi connectivity index (χ1v) is 15.0. The molecule has 2 heterocycles. The van der Waals surface area contributed by atoms with E-state index in [1.54, 1.807) is 68.4 Å². The molecule has 3 aromatic carbocycles. The van der Waals surface area contributed by atoms with Crippen LogP contribution in [0.4, 0.5) is 8.78 Å². The fourth-order valence-electron chi connectivity index (χ4n) is 5.22. The normalized spacial score (nSPS) is 17.8. The third-order valence-corrected chi connectivity index (χ3v) is 7.98. The number of carbonyl (C=O) groups excluding carboxylic acids is 3. The number of ether oxygens (including phenoxy) is 2. The van der Waals surface area contributed by atoms with E-state index in [9.17, 15) is 28.0 Å². The Kier molecular flexibility index (Phi) is 9.98. The Morgan fingerprint density at radius 3 is 2.34 bits per heavy atom. The van der Waals surface area contributed by atoms with E-state index in [0.29, 0.717) is 17.2 Å². The highest BCUT2D eigenvalue weighted by Gasteiger charge is 2.36. The van der Waals surface area contributed by atoms with Gasteiger partial charge in [0.2, 0.25) is 5.43 Å². The van der Waals surface area contributed by atoms with Gasteiger partial charge in [-0.3, -0.25) is 19.1 Å². The van der Waals surface area contributed by atoms with Crippen LogP contribution in [0.15, 0.2) is 89.9 Å². The van der Waals surface area contributed by atoms with Crippen molar-refractivity contribution in [1.29, 1.82) is 0 Å². The minimum absolute atomic E-state index is 0.0109. The number of aromatic nitrogens is 1. The molecule has 3 atom stereocenters. The number of nitrogens with zero attached hydrogens (tertiary/aromatic N) is 2. The van der Waals surface area contributed by atoms with E-state index in [4.69, 9.17) is 9.47 Å². The minimum Gasteiger partial charge on any atom is -0.482 e. The van der Waals surface area contributed by atoms with Crippen LogP contribution in [-0.4, -0.2) is 52.6 Å². The summed E-state index contributed by atoms with van der Waals surface area (Å²) >= 11 is 0. The summed E-state index contributed by atoms with van der Waals surface area (Å²) in [6.07, 6.45) is 0.698. The fraction of sp³-hybridized carbons (Fsp3) is 0.257. The van der Waals surface area contributed by atoms with E-state index in [1.165, 1.54) is 28.9 Å². The van der Waals surface area contributed by atoms with Gasteiger partial charge in [0.15, 0.2) is 11.4 Å². The Balaban J connectivity index is 1.52. The van der Waals surface area contributed by atoms with Crippen molar-refractivity contribution in [2.45, 2.75) is 51.6 Å². The number of hydrogen-bond donors (Lipinski definition) is 2. The molecule has 4 aromatic rings. The molecule has 0 spiro atoms. The van der Waals surface area contributed by atoms with E-state index >= 15 is 0 Å². The van der Waals surface area contributed by atoms with Gasteiger partial charge in [-0.05, 0) is 37.6 Å². The summed E-state index contributed by atoms with van der Waals surface area (Å²) in [5.74, 6) is -4.04. The number of esters is 1. The summed E-state index contributed by atoms with van der Waals surface area (Å²) in [6.45, 7) is 3.12. The minimum atomic E-state index is -0.864. The monoisotopic (exact) mass is 644 g/mol. The standard InChI is InChI=1S/C35H34F2N4O6/c1-21-16-29(47-35(45)24-12-8-5-9-13-24)22(2)40(3)34(44)30-32(46-20-23-10-6-4-7-11-23)31(42)27(19-41(30)39-21)33(43)38-18-25-14-15-26(36)17-28(25)37/h4-15,17,19,21-22,29,39H,16,18,20H2,1-3H3,(H,38,43)/t21-,22+,29+/m1/s1. The second-order valence-corrected chi connectivity index (χ2v) is 11.3. The molecule has 2 N–H and O–H groups in total. The molecule has 5 rings (SSSR count). The van der Waals surface area contributed by atoms with Gasteiger partial charge in [0, 0.05) is 43.9 Å². The van der Waals surface area contributed by atoms with Crippen LogP contribution in [-0.2, 0) is 17.9 Å². The predicted octanol–water partition coefficient (Wildman–Crippen LogP) is 4.66. The summed E-state index contributed by atoms with van der Waals surface area (Å²) < 4.78 is 40.8. The SMILES string of the molecule is C[C@@H]1C[C@H](OC(=O)c2ccccc2)[C@H](C)N(C)C(=O)c2c(OCc3ccccc3)c(=O)c(C(=O)NCc3ccc(F)cc3F)cn2N1. The zero-order chi connectivity index (χ0) is 33.7. The van der Waals surface area contributed by atoms with E-state index in [0.717, 1.165) is 6.07 Å². The van der Waals surface area contributed by atoms with Gasteiger partial charge >= 0.3 is 5.97 Å². The summed E-state index contributed by atoms with van der Waals surface area (Å²) in [5, 5.41) is 2.50. The van der Waals surface area contributed by atoms with E-state index in [-0.39, 0.29) is 42.1 Å². The van der Waals surface area contributed by atoms with Crippen LogP contribution < -0.4 is 20.9 Å². The first-order chi connectivity index (χ1) is 22.5. The number of likely N-dealkylation sites (N-methyl/N-ethyl adjacent to an activating group) is 1. The Labute approximate surface area is 269 Å². The number of benzene rings is 3. The molecular weight excluding hydrogens is 610 g/mol. The molecule has 0 unspecified atom stereocenters. The molecule has 0 aliphatic carbocycles. The molecule has 0 bridgehead atoms. The quantitative estimate of drug-likeness (QED) is 0.268. The Bertz CT molecular complexity index is 1830. The van der Waals surface area contributed by atoms with Crippen LogP contribution in [0.25, 0.3) is 0 Å². The number of amides is 2. The van der Waals surface area contributed by atoms with Gasteiger partial charge in [-0.15, -0.1) is 0 Å². The first-order valence-electron chi connectivity index (χ1n) is 15.0. The zero-order valence-electron chi connectivity index (χ0n) is 26.0. The fourth-order valence-corrected chi connectivity index (χ4v) is 5.22. The van der Waals surface area contributed by atoms with Crippen molar-refractivity contribution in [2.24, 2.45) is 0 Å². The molecule has 1 aliphatic rings. The van der Waals surface area contributed by atoms with Crippen LogP contribution in [0.2, 0.25) is 0 Å². The molecular formula is C35H34F2N4O6. The summed E-state index contributed by atoms with van der Waals surface area (Å²) in [4.78, 5) is 55.8. The van der Waals surface area contributed by atoms with E-state index in [2.05, 4.69) is 10.7 Å². The van der Waals surface area contributed by atoms with Crippen LogP contribution in [0.1, 0.15) is 62.6 Å². The van der Waals surface area contributed by atoms with Gasteiger partial charge < -0.3 is 25.1 Å². The van der Waals surface area contributed by atoms with Gasteiger partial charge in [0.1, 0.15) is 29.9 Å². The van der Waals surface area contributed by atoms with E-state index in [1.807, 2.05) is 6.07 Å². The second kappa shape index (κ2) is 14.3. The van der Waals surface area contributed by atoms with Crippen molar-refractivity contribution in [1.82, 2.24) is 14.9 Å². The molecule has 0 radical (unpaired) electrons. The molecule has 0 saturated carbocycles. The maximum atomic E-state index is 14.3. The molecule has 244 valence electrons. The van der Waals surface area contributed by atoms with Crippen molar-refractivity contribution in [3.63, 3.8) is 0 Å². The number of rotatable bonds is 8. The maximum absolute atomic E-state index is 14.3. The van der Waals surface area contributed by atoms with Crippen LogP contribution in [0.5, 0.6) is 5.75 Å². The zero-order valence-corrected chi connectivity index (χ0v) is 26.0. The van der Waals surface area contributed by atoms with Crippen molar-refractivity contribution in [3.05, 3.63) is 135 Å². The Hall–Kier alpha value is -5.52. The maximum Gasteiger partial charge on any atom is 0.338 e. The molecule has 10 nitrogen and oxygen atoms in total. The van der Waals surface area contributed by atoms with Gasteiger partial charge in [0.05, 0.1) is 11.6 Å². The number of halogens is 2. The summed E-state index contributed by atoms with van der Waals surface area (Å²) in [5.41, 5.74) is 2.81. The lowest BCUT2D eigenvalue weighted by molar-refractivity contribution is 0.00329. The smallest absolute Gasteiger partial charge is 0.338 e. The topological polar surface area (TPSA) is 119 Å². The number of pyridine rings is 1. The highest BCUT2D eigenvalue weighted by atomic mass is 19.1. The van der Waals surface area contributed by atoms with Crippen molar-refractivity contribution >= 4 is 17.8 Å². The average molecular weight is 645 g/mol. The first kappa shape index (κ1) is 32.9. The van der Waals surface area contributed by atoms with Gasteiger partial charge in [0.25, 0.3) is 11.8 Å². The highest BCUT2D eigenvalue weighted by Crippen LogP contribution is 2.25. The molecule has 12 heteroatoms. The van der Waals surface area contributed by atoms with Crippen LogP contribution in [0, 0.1) is 11.6 Å². The molecule has 0 fully saturated rings.